The Morgan fingerprint density at radius 2 is 2.50 bits per heavy atom. The summed E-state index contributed by atoms with van der Waals surface area (Å²) in [6.07, 6.45) is 1.60. The molecule has 1 aliphatic rings. The summed E-state index contributed by atoms with van der Waals surface area (Å²) in [5, 5.41) is 4.38. The number of nitrogens with one attached hydrogen (secondary N) is 1. The van der Waals surface area contributed by atoms with Crippen molar-refractivity contribution in [2.75, 3.05) is 25.0 Å². The Kier molecular flexibility index (Phi) is 2.98. The van der Waals surface area contributed by atoms with Crippen molar-refractivity contribution in [2.45, 2.75) is 19.9 Å². The third-order valence-electron chi connectivity index (χ3n) is 2.81. The van der Waals surface area contributed by atoms with Crippen molar-refractivity contribution in [3.05, 3.63) is 6.33 Å². The molecule has 2 rings (SSSR count). The number of likely N-dealkylation sites (tertiary alicyclic amines) is 1. The number of aromatic nitrogens is 2. The van der Waals surface area contributed by atoms with E-state index in [-0.39, 0.29) is 0 Å². The van der Waals surface area contributed by atoms with Crippen molar-refractivity contribution in [3.63, 3.8) is 0 Å². The molecule has 1 fully saturated rings. The number of anilines is 1. The van der Waals surface area contributed by atoms with Gasteiger partial charge in [0.15, 0.2) is 0 Å². The summed E-state index contributed by atoms with van der Waals surface area (Å²) in [7, 11) is 0. The van der Waals surface area contributed by atoms with Crippen LogP contribution in [0.3, 0.4) is 0 Å². The molecule has 1 N–H and O–H groups in total. The van der Waals surface area contributed by atoms with Crippen LogP contribution in [0, 0.1) is 5.92 Å². The van der Waals surface area contributed by atoms with Crippen molar-refractivity contribution < 1.29 is 0 Å². The second-order valence-corrected chi connectivity index (χ2v) is 4.61. The van der Waals surface area contributed by atoms with Gasteiger partial charge in [0.05, 0.1) is 0 Å². The summed E-state index contributed by atoms with van der Waals surface area (Å²) < 4.78 is 3.98. The standard InChI is InChI=1S/C9H16N4S/c1-3-13-4-7(2)8(5-13)12-9-10-6-11-14-9/h6-8H,3-5H2,1-2H3,(H,10,11,12). The Morgan fingerprint density at radius 3 is 3.07 bits per heavy atom. The highest BCUT2D eigenvalue weighted by Gasteiger charge is 2.28. The molecular weight excluding hydrogens is 196 g/mol. The van der Waals surface area contributed by atoms with E-state index in [9.17, 15) is 0 Å². The summed E-state index contributed by atoms with van der Waals surface area (Å²) in [6, 6.07) is 0.530. The van der Waals surface area contributed by atoms with Crippen LogP contribution in [0.5, 0.6) is 0 Å². The molecule has 5 heteroatoms. The first-order valence-electron chi connectivity index (χ1n) is 5.05. The average Bonchev–Trinajstić information content (AvgIpc) is 2.78. The van der Waals surface area contributed by atoms with E-state index in [1.807, 2.05) is 0 Å². The maximum Gasteiger partial charge on any atom is 0.202 e. The maximum absolute atomic E-state index is 4.14. The van der Waals surface area contributed by atoms with E-state index >= 15 is 0 Å². The Bertz CT molecular complexity index is 274. The van der Waals surface area contributed by atoms with Crippen molar-refractivity contribution >= 4 is 16.7 Å². The molecule has 1 aliphatic heterocycles. The zero-order valence-corrected chi connectivity index (χ0v) is 9.42. The first-order valence-corrected chi connectivity index (χ1v) is 5.82. The Labute approximate surface area is 88.5 Å². The second kappa shape index (κ2) is 4.23. The molecule has 1 aromatic heterocycles. The van der Waals surface area contributed by atoms with Gasteiger partial charge in [-0.2, -0.15) is 4.37 Å². The molecule has 0 spiro atoms. The van der Waals surface area contributed by atoms with Gasteiger partial charge in [0.1, 0.15) is 6.33 Å². The minimum Gasteiger partial charge on any atom is -0.356 e. The Balaban J connectivity index is 1.93. The minimum absolute atomic E-state index is 0.530. The third kappa shape index (κ3) is 2.04. The van der Waals surface area contributed by atoms with E-state index in [1.54, 1.807) is 6.33 Å². The molecule has 2 heterocycles. The second-order valence-electron chi connectivity index (χ2n) is 3.83. The number of likely N-dealkylation sites (N-methyl/N-ethyl adjacent to an activating group) is 1. The van der Waals surface area contributed by atoms with Gasteiger partial charge in [0.25, 0.3) is 0 Å². The van der Waals surface area contributed by atoms with Crippen LogP contribution in [0.25, 0.3) is 0 Å². The summed E-state index contributed by atoms with van der Waals surface area (Å²) >= 11 is 1.43. The average molecular weight is 212 g/mol. The van der Waals surface area contributed by atoms with E-state index in [1.165, 1.54) is 18.1 Å². The first-order chi connectivity index (χ1) is 6.79. The number of rotatable bonds is 3. The molecule has 2 unspecified atom stereocenters. The van der Waals surface area contributed by atoms with E-state index in [2.05, 4.69) is 33.4 Å². The molecule has 1 aromatic rings. The summed E-state index contributed by atoms with van der Waals surface area (Å²) in [6.45, 7) is 7.94. The monoisotopic (exact) mass is 212 g/mol. The van der Waals surface area contributed by atoms with Gasteiger partial charge in [0.2, 0.25) is 5.13 Å². The predicted octanol–water partition coefficient (Wildman–Crippen LogP) is 1.29. The van der Waals surface area contributed by atoms with Crippen molar-refractivity contribution in [1.29, 1.82) is 0 Å². The summed E-state index contributed by atoms with van der Waals surface area (Å²) in [5.41, 5.74) is 0. The highest BCUT2D eigenvalue weighted by molar-refractivity contribution is 7.09. The van der Waals surface area contributed by atoms with Crippen molar-refractivity contribution in [3.8, 4) is 0 Å². The lowest BCUT2D eigenvalue weighted by molar-refractivity contribution is 0.346. The molecule has 0 saturated carbocycles. The van der Waals surface area contributed by atoms with Crippen molar-refractivity contribution in [2.24, 2.45) is 5.92 Å². The Morgan fingerprint density at radius 1 is 1.64 bits per heavy atom. The topological polar surface area (TPSA) is 41.0 Å². The molecule has 2 atom stereocenters. The van der Waals surface area contributed by atoms with Crippen LogP contribution in [-0.4, -0.2) is 39.9 Å². The molecular formula is C9H16N4S. The van der Waals surface area contributed by atoms with Crippen molar-refractivity contribution in [1.82, 2.24) is 14.3 Å². The van der Waals surface area contributed by atoms with Crippen LogP contribution in [0.2, 0.25) is 0 Å². The largest absolute Gasteiger partial charge is 0.356 e. The highest BCUT2D eigenvalue weighted by atomic mass is 32.1. The van der Waals surface area contributed by atoms with Gasteiger partial charge in [0, 0.05) is 30.7 Å². The van der Waals surface area contributed by atoms with E-state index in [0.717, 1.165) is 18.2 Å². The number of nitrogens with zero attached hydrogens (tertiary/aromatic N) is 3. The summed E-state index contributed by atoms with van der Waals surface area (Å²) in [4.78, 5) is 6.60. The quantitative estimate of drug-likeness (QED) is 0.819. The smallest absolute Gasteiger partial charge is 0.202 e. The maximum atomic E-state index is 4.14. The fourth-order valence-corrected chi connectivity index (χ4v) is 2.40. The summed E-state index contributed by atoms with van der Waals surface area (Å²) in [5.74, 6) is 0.693. The molecule has 0 aliphatic carbocycles. The zero-order chi connectivity index (χ0) is 9.97. The molecule has 78 valence electrons. The molecule has 4 nitrogen and oxygen atoms in total. The molecule has 1 saturated heterocycles. The lowest BCUT2D eigenvalue weighted by Crippen LogP contribution is -2.27. The molecule has 14 heavy (non-hydrogen) atoms. The van der Waals surface area contributed by atoms with E-state index < -0.39 is 0 Å². The first kappa shape index (κ1) is 9.86. The fraction of sp³-hybridized carbons (Fsp3) is 0.778. The normalized spacial score (nSPS) is 28.1. The fourth-order valence-electron chi connectivity index (χ4n) is 1.91. The number of hydrogen-bond acceptors (Lipinski definition) is 5. The Hall–Kier alpha value is -0.680. The third-order valence-corrected chi connectivity index (χ3v) is 3.40. The van der Waals surface area contributed by atoms with Crippen LogP contribution in [0.1, 0.15) is 13.8 Å². The zero-order valence-electron chi connectivity index (χ0n) is 8.60. The van der Waals surface area contributed by atoms with E-state index in [4.69, 9.17) is 0 Å². The van der Waals surface area contributed by atoms with Crippen LogP contribution < -0.4 is 5.32 Å². The van der Waals surface area contributed by atoms with Crippen LogP contribution in [0.15, 0.2) is 6.33 Å². The molecule has 0 aromatic carbocycles. The van der Waals surface area contributed by atoms with Gasteiger partial charge in [-0.05, 0) is 12.5 Å². The van der Waals surface area contributed by atoms with E-state index in [0.29, 0.717) is 12.0 Å². The van der Waals surface area contributed by atoms with Gasteiger partial charge in [-0.25, -0.2) is 4.98 Å². The lowest BCUT2D eigenvalue weighted by Gasteiger charge is -2.15. The molecule has 0 amide bonds. The predicted molar refractivity (Wildman–Crippen MR) is 58.6 cm³/mol. The van der Waals surface area contributed by atoms with Gasteiger partial charge in [-0.1, -0.05) is 13.8 Å². The lowest BCUT2D eigenvalue weighted by atomic mass is 10.1. The van der Waals surface area contributed by atoms with Crippen LogP contribution >= 0.6 is 11.5 Å². The molecule has 0 radical (unpaired) electrons. The molecule has 0 bridgehead atoms. The minimum atomic E-state index is 0.530. The van der Waals surface area contributed by atoms with Crippen LogP contribution in [-0.2, 0) is 0 Å². The van der Waals surface area contributed by atoms with Gasteiger partial charge in [-0.3, -0.25) is 0 Å². The van der Waals surface area contributed by atoms with Gasteiger partial charge < -0.3 is 10.2 Å². The highest BCUT2D eigenvalue weighted by Crippen LogP contribution is 2.20. The number of hydrogen-bond donors (Lipinski definition) is 1. The van der Waals surface area contributed by atoms with Crippen LogP contribution in [0.4, 0.5) is 5.13 Å². The SMILES string of the molecule is CCN1CC(C)C(Nc2ncns2)C1. The van der Waals surface area contributed by atoms with Gasteiger partial charge >= 0.3 is 0 Å². The van der Waals surface area contributed by atoms with Gasteiger partial charge in [-0.15, -0.1) is 0 Å².